The molecule has 0 amide bonds. The van der Waals surface area contributed by atoms with Crippen LogP contribution >= 0.6 is 0 Å². The number of nitrogens with zero attached hydrogens (tertiary/aromatic N) is 2. The van der Waals surface area contributed by atoms with E-state index in [1.165, 1.54) is 0 Å². The Morgan fingerprint density at radius 3 is 2.50 bits per heavy atom. The monoisotopic (exact) mass is 232 g/mol. The third kappa shape index (κ3) is 1.21. The van der Waals surface area contributed by atoms with Crippen LogP contribution in [0.1, 0.15) is 0 Å². The number of aromatic amines is 1. The smallest absolute Gasteiger partial charge is 0.118 e. The first-order valence-corrected chi connectivity index (χ1v) is 5.88. The van der Waals surface area contributed by atoms with Gasteiger partial charge in [-0.05, 0) is 6.07 Å². The van der Waals surface area contributed by atoms with Gasteiger partial charge in [-0.3, -0.25) is 5.10 Å². The van der Waals surface area contributed by atoms with Crippen molar-refractivity contribution in [3.63, 3.8) is 0 Å². The Morgan fingerprint density at radius 1 is 0.833 bits per heavy atom. The average molecular weight is 232 g/mol. The standard InChI is InChI=1S/C15H10N3/c1-2-6-10(7-3-1)13-15-14(18-17-13)11-8-4-5-9-12(11)16-15/h1-9H,(H,17,18). The van der Waals surface area contributed by atoms with E-state index in [4.69, 9.17) is 0 Å². The van der Waals surface area contributed by atoms with Gasteiger partial charge >= 0.3 is 0 Å². The molecule has 2 aromatic carbocycles. The molecule has 0 saturated heterocycles. The van der Waals surface area contributed by atoms with Crippen LogP contribution in [-0.4, -0.2) is 10.2 Å². The predicted molar refractivity (Wildman–Crippen MR) is 70.9 cm³/mol. The van der Waals surface area contributed by atoms with Gasteiger partial charge in [-0.1, -0.05) is 48.5 Å². The minimum Gasteiger partial charge on any atom is -0.275 e. The molecule has 0 fully saturated rings. The molecule has 4 rings (SSSR count). The lowest BCUT2D eigenvalue weighted by molar-refractivity contribution is 1.10. The maximum atomic E-state index is 4.66. The highest BCUT2D eigenvalue weighted by Crippen LogP contribution is 2.45. The molecule has 1 aliphatic rings. The van der Waals surface area contributed by atoms with Crippen LogP contribution in [0.3, 0.4) is 0 Å². The molecule has 18 heavy (non-hydrogen) atoms. The molecule has 0 spiro atoms. The van der Waals surface area contributed by atoms with Gasteiger partial charge in [0.2, 0.25) is 0 Å². The summed E-state index contributed by atoms with van der Waals surface area (Å²) in [4.78, 5) is 0. The minimum atomic E-state index is 0.918. The maximum Gasteiger partial charge on any atom is 0.118 e. The van der Waals surface area contributed by atoms with Gasteiger partial charge in [0, 0.05) is 11.1 Å². The lowest BCUT2D eigenvalue weighted by atomic mass is 10.1. The number of nitrogens with one attached hydrogen (secondary N) is 1. The quantitative estimate of drug-likeness (QED) is 0.535. The maximum absolute atomic E-state index is 4.66. The summed E-state index contributed by atoms with van der Waals surface area (Å²) in [7, 11) is 0. The highest BCUT2D eigenvalue weighted by molar-refractivity contribution is 5.94. The molecule has 0 unspecified atom stereocenters. The van der Waals surface area contributed by atoms with Crippen LogP contribution in [0.2, 0.25) is 0 Å². The number of rotatable bonds is 1. The Balaban J connectivity index is 1.91. The van der Waals surface area contributed by atoms with Gasteiger partial charge in [0.25, 0.3) is 0 Å². The van der Waals surface area contributed by atoms with Gasteiger partial charge in [0.1, 0.15) is 11.4 Å². The largest absolute Gasteiger partial charge is 0.275 e. The molecule has 1 N–H and O–H groups in total. The molecule has 0 saturated carbocycles. The number of fused-ring (bicyclic) bond motifs is 3. The molecule has 3 nitrogen and oxygen atoms in total. The summed E-state index contributed by atoms with van der Waals surface area (Å²) in [5, 5.41) is 12.1. The van der Waals surface area contributed by atoms with Crippen molar-refractivity contribution in [2.75, 3.05) is 0 Å². The Kier molecular flexibility index (Phi) is 1.83. The number of benzene rings is 2. The third-order valence-corrected chi connectivity index (χ3v) is 3.19. The van der Waals surface area contributed by atoms with E-state index in [-0.39, 0.29) is 0 Å². The normalized spacial score (nSPS) is 11.8. The highest BCUT2D eigenvalue weighted by Gasteiger charge is 2.25. The molecule has 0 aliphatic carbocycles. The minimum absolute atomic E-state index is 0.918. The molecule has 85 valence electrons. The van der Waals surface area contributed by atoms with Crippen molar-refractivity contribution < 1.29 is 0 Å². The van der Waals surface area contributed by atoms with Crippen molar-refractivity contribution in [1.82, 2.24) is 15.5 Å². The first kappa shape index (κ1) is 9.48. The van der Waals surface area contributed by atoms with Crippen molar-refractivity contribution in [3.05, 3.63) is 54.6 Å². The van der Waals surface area contributed by atoms with Crippen LogP contribution < -0.4 is 5.32 Å². The Morgan fingerprint density at radius 2 is 1.61 bits per heavy atom. The summed E-state index contributed by atoms with van der Waals surface area (Å²) in [6.07, 6.45) is 0. The molecular formula is C15H10N3. The zero-order valence-corrected chi connectivity index (χ0v) is 9.59. The van der Waals surface area contributed by atoms with Gasteiger partial charge in [-0.25, -0.2) is 5.32 Å². The zero-order valence-electron chi connectivity index (χ0n) is 9.59. The van der Waals surface area contributed by atoms with Gasteiger partial charge < -0.3 is 0 Å². The molecule has 1 radical (unpaired) electrons. The molecule has 1 aliphatic heterocycles. The van der Waals surface area contributed by atoms with Crippen LogP contribution in [0.5, 0.6) is 0 Å². The molecule has 1 aromatic heterocycles. The first-order chi connectivity index (χ1) is 8.93. The number of aromatic nitrogens is 2. The topological polar surface area (TPSA) is 42.8 Å². The van der Waals surface area contributed by atoms with Crippen molar-refractivity contribution >= 4 is 11.4 Å². The summed E-state index contributed by atoms with van der Waals surface area (Å²) in [5.74, 6) is 0. The van der Waals surface area contributed by atoms with Crippen LogP contribution in [0.15, 0.2) is 54.6 Å². The SMILES string of the molecule is c1ccc(-c2n[nH]c3c2[N]c2ccccc2-3)cc1. The Hall–Kier alpha value is -2.55. The second-order valence-electron chi connectivity index (χ2n) is 4.29. The van der Waals surface area contributed by atoms with Crippen LogP contribution in [0.4, 0.5) is 11.4 Å². The molecule has 3 aromatic rings. The summed E-state index contributed by atoms with van der Waals surface area (Å²) in [5.41, 5.74) is 6.11. The van der Waals surface area contributed by atoms with Gasteiger partial charge in [0.15, 0.2) is 0 Å². The second-order valence-corrected chi connectivity index (χ2v) is 4.29. The van der Waals surface area contributed by atoms with E-state index in [1.54, 1.807) is 0 Å². The number of hydrogen-bond acceptors (Lipinski definition) is 1. The number of para-hydroxylation sites is 1. The van der Waals surface area contributed by atoms with Crippen molar-refractivity contribution in [3.8, 4) is 22.5 Å². The number of hydrogen-bond donors (Lipinski definition) is 1. The van der Waals surface area contributed by atoms with Gasteiger partial charge in [-0.2, -0.15) is 5.10 Å². The summed E-state index contributed by atoms with van der Waals surface area (Å²) < 4.78 is 0. The lowest BCUT2D eigenvalue weighted by Gasteiger charge is -1.99. The van der Waals surface area contributed by atoms with Crippen molar-refractivity contribution in [2.24, 2.45) is 0 Å². The summed E-state index contributed by atoms with van der Waals surface area (Å²) in [6.45, 7) is 0. The summed E-state index contributed by atoms with van der Waals surface area (Å²) in [6, 6.07) is 18.2. The lowest BCUT2D eigenvalue weighted by Crippen LogP contribution is -1.86. The fourth-order valence-electron chi connectivity index (χ4n) is 2.33. The third-order valence-electron chi connectivity index (χ3n) is 3.19. The molecule has 0 bridgehead atoms. The van der Waals surface area contributed by atoms with Gasteiger partial charge in [-0.15, -0.1) is 0 Å². The van der Waals surface area contributed by atoms with Crippen molar-refractivity contribution in [2.45, 2.75) is 0 Å². The van der Waals surface area contributed by atoms with Crippen molar-refractivity contribution in [1.29, 1.82) is 0 Å². The van der Waals surface area contributed by atoms with Crippen LogP contribution in [0, 0.1) is 0 Å². The van der Waals surface area contributed by atoms with Gasteiger partial charge in [0.05, 0.1) is 11.4 Å². The van der Waals surface area contributed by atoms with E-state index in [9.17, 15) is 0 Å². The predicted octanol–water partition coefficient (Wildman–Crippen LogP) is 3.62. The Bertz CT molecular complexity index is 714. The molecule has 0 atom stereocenters. The van der Waals surface area contributed by atoms with E-state index in [0.717, 1.165) is 33.9 Å². The second kappa shape index (κ2) is 3.47. The average Bonchev–Trinajstić information content (AvgIpc) is 2.98. The molecular weight excluding hydrogens is 222 g/mol. The van der Waals surface area contributed by atoms with E-state index in [0.29, 0.717) is 0 Å². The van der Waals surface area contributed by atoms with Crippen LogP contribution in [-0.2, 0) is 0 Å². The fourth-order valence-corrected chi connectivity index (χ4v) is 2.33. The first-order valence-electron chi connectivity index (χ1n) is 5.88. The highest BCUT2D eigenvalue weighted by atomic mass is 15.2. The van der Waals surface area contributed by atoms with E-state index >= 15 is 0 Å². The van der Waals surface area contributed by atoms with E-state index in [2.05, 4.69) is 33.7 Å². The fraction of sp³-hybridized carbons (Fsp3) is 0. The van der Waals surface area contributed by atoms with E-state index < -0.39 is 0 Å². The Labute approximate surface area is 104 Å². The molecule has 3 heteroatoms. The molecule has 2 heterocycles. The van der Waals surface area contributed by atoms with E-state index in [1.807, 2.05) is 36.4 Å². The zero-order chi connectivity index (χ0) is 11.9. The van der Waals surface area contributed by atoms with Crippen LogP contribution in [0.25, 0.3) is 22.5 Å². The number of H-pyrrole nitrogens is 1. The summed E-state index contributed by atoms with van der Waals surface area (Å²) >= 11 is 0.